The van der Waals surface area contributed by atoms with Crippen molar-refractivity contribution in [2.45, 2.75) is 45.1 Å². The van der Waals surface area contributed by atoms with Crippen molar-refractivity contribution in [1.82, 2.24) is 14.9 Å². The topological polar surface area (TPSA) is 35.5 Å². The summed E-state index contributed by atoms with van der Waals surface area (Å²) in [6.07, 6.45) is 6.37. The maximum atomic E-state index is 4.90. The molecule has 2 aliphatic heterocycles. The van der Waals surface area contributed by atoms with Crippen LogP contribution in [0, 0.1) is 6.92 Å². The first kappa shape index (κ1) is 15.5. The summed E-state index contributed by atoms with van der Waals surface area (Å²) >= 11 is 0. The molecule has 0 spiro atoms. The van der Waals surface area contributed by atoms with Crippen LogP contribution in [0.5, 0.6) is 0 Å². The van der Waals surface area contributed by atoms with Crippen LogP contribution in [0.2, 0.25) is 0 Å². The molecule has 22 heavy (non-hydrogen) atoms. The summed E-state index contributed by atoms with van der Waals surface area (Å²) in [6, 6.07) is 2.77. The van der Waals surface area contributed by atoms with Gasteiger partial charge >= 0.3 is 0 Å². The van der Waals surface area contributed by atoms with Gasteiger partial charge in [-0.25, -0.2) is 4.98 Å². The summed E-state index contributed by atoms with van der Waals surface area (Å²) < 4.78 is 0. The Bertz CT molecular complexity index is 496. The SMILES string of the molecule is Cc1cc(N2CCCC[C@H](N(C)C)C2)nc(N2CCCC2)n1. The van der Waals surface area contributed by atoms with E-state index in [0.29, 0.717) is 6.04 Å². The maximum absolute atomic E-state index is 4.90. The maximum Gasteiger partial charge on any atom is 0.227 e. The molecule has 2 saturated heterocycles. The van der Waals surface area contributed by atoms with Crippen LogP contribution in [0.4, 0.5) is 11.8 Å². The predicted octanol–water partition coefficient (Wildman–Crippen LogP) is 2.31. The molecule has 1 aromatic heterocycles. The van der Waals surface area contributed by atoms with Crippen molar-refractivity contribution in [3.8, 4) is 0 Å². The van der Waals surface area contributed by atoms with Crippen molar-refractivity contribution in [2.75, 3.05) is 50.1 Å². The van der Waals surface area contributed by atoms with Gasteiger partial charge in [-0.2, -0.15) is 4.98 Å². The van der Waals surface area contributed by atoms with Crippen molar-refractivity contribution in [1.29, 1.82) is 0 Å². The van der Waals surface area contributed by atoms with Crippen LogP contribution in [0.25, 0.3) is 0 Å². The van der Waals surface area contributed by atoms with E-state index in [-0.39, 0.29) is 0 Å². The molecule has 2 aliphatic rings. The van der Waals surface area contributed by atoms with Gasteiger partial charge < -0.3 is 14.7 Å². The van der Waals surface area contributed by atoms with Gasteiger partial charge in [0.25, 0.3) is 0 Å². The summed E-state index contributed by atoms with van der Waals surface area (Å²) in [5.74, 6) is 2.04. The molecule has 0 unspecified atom stereocenters. The van der Waals surface area contributed by atoms with Crippen LogP contribution >= 0.6 is 0 Å². The zero-order valence-corrected chi connectivity index (χ0v) is 14.3. The molecular formula is C17H29N5. The van der Waals surface area contributed by atoms with Gasteiger partial charge in [0.15, 0.2) is 0 Å². The van der Waals surface area contributed by atoms with Crippen molar-refractivity contribution in [3.05, 3.63) is 11.8 Å². The molecule has 2 fully saturated rings. The van der Waals surface area contributed by atoms with Gasteiger partial charge in [0.2, 0.25) is 5.95 Å². The van der Waals surface area contributed by atoms with Crippen molar-refractivity contribution in [2.24, 2.45) is 0 Å². The Morgan fingerprint density at radius 3 is 2.41 bits per heavy atom. The second kappa shape index (κ2) is 6.82. The van der Waals surface area contributed by atoms with Gasteiger partial charge in [0.1, 0.15) is 5.82 Å². The van der Waals surface area contributed by atoms with Gasteiger partial charge in [0.05, 0.1) is 0 Å². The number of hydrogen-bond donors (Lipinski definition) is 0. The van der Waals surface area contributed by atoms with E-state index in [4.69, 9.17) is 4.98 Å². The minimum Gasteiger partial charge on any atom is -0.355 e. The Kier molecular flexibility index (Phi) is 4.81. The zero-order chi connectivity index (χ0) is 15.5. The number of aromatic nitrogens is 2. The van der Waals surface area contributed by atoms with Gasteiger partial charge in [-0.1, -0.05) is 6.42 Å². The van der Waals surface area contributed by atoms with Crippen LogP contribution in [0.15, 0.2) is 6.07 Å². The fourth-order valence-electron chi connectivity index (χ4n) is 3.51. The molecule has 0 radical (unpaired) electrons. The standard InChI is InChI=1S/C17H29N5/c1-14-12-16(19-17(18-14)21-9-6-7-10-21)22-11-5-4-8-15(13-22)20(2)3/h12,15H,4-11,13H2,1-3H3/t15-/m0/s1. The second-order valence-corrected chi connectivity index (χ2v) is 6.92. The third kappa shape index (κ3) is 3.51. The second-order valence-electron chi connectivity index (χ2n) is 6.92. The highest BCUT2D eigenvalue weighted by Gasteiger charge is 2.22. The molecule has 0 saturated carbocycles. The fourth-order valence-corrected chi connectivity index (χ4v) is 3.51. The summed E-state index contributed by atoms with van der Waals surface area (Å²) in [5, 5.41) is 0. The number of aryl methyl sites for hydroxylation is 1. The van der Waals surface area contributed by atoms with Crippen LogP contribution in [-0.2, 0) is 0 Å². The van der Waals surface area contributed by atoms with E-state index in [1.807, 2.05) is 0 Å². The smallest absolute Gasteiger partial charge is 0.227 e. The van der Waals surface area contributed by atoms with E-state index in [9.17, 15) is 0 Å². The Hall–Kier alpha value is -1.36. The lowest BCUT2D eigenvalue weighted by Gasteiger charge is -2.30. The van der Waals surface area contributed by atoms with E-state index < -0.39 is 0 Å². The highest BCUT2D eigenvalue weighted by Crippen LogP contribution is 2.24. The lowest BCUT2D eigenvalue weighted by molar-refractivity contribution is 0.285. The molecule has 0 amide bonds. The molecular weight excluding hydrogens is 274 g/mol. The number of nitrogens with zero attached hydrogens (tertiary/aromatic N) is 5. The first-order valence-electron chi connectivity index (χ1n) is 8.65. The third-order valence-corrected chi connectivity index (χ3v) is 4.92. The van der Waals surface area contributed by atoms with E-state index in [1.165, 1.54) is 32.1 Å². The average molecular weight is 303 g/mol. The Labute approximate surface area is 134 Å². The minimum absolute atomic E-state index is 0.619. The lowest BCUT2D eigenvalue weighted by atomic mass is 10.1. The molecule has 0 bridgehead atoms. The average Bonchev–Trinajstić information content (AvgIpc) is 2.90. The van der Waals surface area contributed by atoms with Crippen molar-refractivity contribution in [3.63, 3.8) is 0 Å². The van der Waals surface area contributed by atoms with Crippen LogP contribution in [0.3, 0.4) is 0 Å². The van der Waals surface area contributed by atoms with Gasteiger partial charge in [-0.05, 0) is 46.7 Å². The van der Waals surface area contributed by atoms with E-state index in [2.05, 4.69) is 46.8 Å². The van der Waals surface area contributed by atoms with Crippen molar-refractivity contribution < 1.29 is 0 Å². The van der Waals surface area contributed by atoms with Crippen LogP contribution in [-0.4, -0.2) is 61.2 Å². The normalized spacial score (nSPS) is 23.2. The van der Waals surface area contributed by atoms with E-state index in [1.54, 1.807) is 0 Å². The number of hydrogen-bond acceptors (Lipinski definition) is 5. The number of likely N-dealkylation sites (N-methyl/N-ethyl adjacent to an activating group) is 1. The monoisotopic (exact) mass is 303 g/mol. The summed E-state index contributed by atoms with van der Waals surface area (Å²) in [6.45, 7) is 6.47. The minimum atomic E-state index is 0.619. The van der Waals surface area contributed by atoms with Crippen LogP contribution < -0.4 is 9.80 Å². The summed E-state index contributed by atoms with van der Waals surface area (Å²) in [5.41, 5.74) is 1.08. The Morgan fingerprint density at radius 1 is 1.00 bits per heavy atom. The Balaban J connectivity index is 1.82. The zero-order valence-electron chi connectivity index (χ0n) is 14.3. The quantitative estimate of drug-likeness (QED) is 0.856. The summed E-state index contributed by atoms with van der Waals surface area (Å²) in [4.78, 5) is 16.7. The number of anilines is 2. The predicted molar refractivity (Wildman–Crippen MR) is 91.8 cm³/mol. The lowest BCUT2D eigenvalue weighted by Crippen LogP contribution is -2.39. The van der Waals surface area contributed by atoms with E-state index >= 15 is 0 Å². The van der Waals surface area contributed by atoms with E-state index in [0.717, 1.165) is 43.6 Å². The summed E-state index contributed by atoms with van der Waals surface area (Å²) in [7, 11) is 4.38. The molecule has 1 atom stereocenters. The Morgan fingerprint density at radius 2 is 1.68 bits per heavy atom. The largest absolute Gasteiger partial charge is 0.355 e. The molecule has 0 N–H and O–H groups in total. The molecule has 1 aromatic rings. The highest BCUT2D eigenvalue weighted by atomic mass is 15.3. The van der Waals surface area contributed by atoms with Gasteiger partial charge in [-0.3, -0.25) is 0 Å². The first-order chi connectivity index (χ1) is 10.6. The molecule has 3 rings (SSSR count). The van der Waals surface area contributed by atoms with Gasteiger partial charge in [-0.15, -0.1) is 0 Å². The molecule has 3 heterocycles. The molecule has 0 aliphatic carbocycles. The molecule has 5 nitrogen and oxygen atoms in total. The van der Waals surface area contributed by atoms with Crippen LogP contribution in [0.1, 0.15) is 37.8 Å². The highest BCUT2D eigenvalue weighted by molar-refractivity contribution is 5.46. The molecule has 5 heteroatoms. The number of rotatable bonds is 3. The third-order valence-electron chi connectivity index (χ3n) is 4.92. The molecule has 122 valence electrons. The van der Waals surface area contributed by atoms with Gasteiger partial charge in [0, 0.05) is 44.0 Å². The molecule has 0 aromatic carbocycles. The first-order valence-corrected chi connectivity index (χ1v) is 8.65. The fraction of sp³-hybridized carbons (Fsp3) is 0.765. The van der Waals surface area contributed by atoms with Crippen molar-refractivity contribution >= 4 is 11.8 Å².